The molecule has 10 nitrogen and oxygen atoms in total. The number of carboxylic acid groups (broad SMARTS) is 2. The molecule has 1 unspecified atom stereocenters. The molecule has 1 rings (SSSR count). The summed E-state index contributed by atoms with van der Waals surface area (Å²) in [5.74, 6) is -4.56. The Hall–Kier alpha value is -1.30. The highest BCUT2D eigenvalue weighted by Gasteiger charge is 2.36. The van der Waals surface area contributed by atoms with Crippen molar-refractivity contribution in [1.29, 1.82) is 0 Å². The van der Waals surface area contributed by atoms with Crippen LogP contribution in [0.15, 0.2) is 0 Å². The number of carboxylic acids is 2. The van der Waals surface area contributed by atoms with Crippen LogP contribution in [0, 0.1) is 5.92 Å². The molecule has 0 aliphatic carbocycles. The van der Waals surface area contributed by atoms with E-state index in [1.807, 2.05) is 0 Å². The Morgan fingerprint density at radius 2 is 1.24 bits per heavy atom. The fraction of sp³-hybridized carbons (Fsp3) is 0.867. The molecule has 146 valence electrons. The molecule has 1 heterocycles. The maximum atomic E-state index is 11.2. The number of hydrogen-bond acceptors (Lipinski definition) is 8. The van der Waals surface area contributed by atoms with E-state index in [0.717, 1.165) is 0 Å². The molecule has 4 N–H and O–H groups in total. The lowest BCUT2D eigenvalue weighted by Crippen LogP contribution is -2.41. The van der Waals surface area contributed by atoms with Crippen molar-refractivity contribution in [2.45, 2.75) is 6.10 Å². The Labute approximate surface area is 146 Å². The van der Waals surface area contributed by atoms with Gasteiger partial charge < -0.3 is 39.8 Å². The van der Waals surface area contributed by atoms with Gasteiger partial charge in [-0.1, -0.05) is 0 Å². The quantitative estimate of drug-likeness (QED) is 0.434. The molecule has 1 aliphatic heterocycles. The molecule has 0 aromatic rings. The maximum Gasteiger partial charge on any atom is 0.320 e. The molecule has 0 bridgehead atoms. The molecule has 0 aromatic carbocycles. The van der Waals surface area contributed by atoms with E-state index in [1.54, 1.807) is 0 Å². The smallest absolute Gasteiger partial charge is 0.320 e. The van der Waals surface area contributed by atoms with Crippen LogP contribution in [0.2, 0.25) is 0 Å². The Morgan fingerprint density at radius 1 is 0.760 bits per heavy atom. The van der Waals surface area contributed by atoms with Gasteiger partial charge in [0.2, 0.25) is 0 Å². The second-order valence-electron chi connectivity index (χ2n) is 5.36. The van der Waals surface area contributed by atoms with Gasteiger partial charge in [0.25, 0.3) is 0 Å². The molecule has 0 aromatic heterocycles. The number of rotatable bonds is 3. The van der Waals surface area contributed by atoms with Gasteiger partial charge in [-0.2, -0.15) is 0 Å². The summed E-state index contributed by atoms with van der Waals surface area (Å²) < 4.78 is 21.6. The first-order valence-corrected chi connectivity index (χ1v) is 8.35. The summed E-state index contributed by atoms with van der Waals surface area (Å²) in [5.41, 5.74) is 0. The van der Waals surface area contributed by atoms with Gasteiger partial charge in [-0.15, -0.1) is 0 Å². The normalized spacial score (nSPS) is 23.5. The molecule has 1 aliphatic rings. The molecular formula is C15H28N2O8. The number of nitrogens with one attached hydrogen (secondary N) is 2. The Balaban J connectivity index is 2.49. The Bertz CT molecular complexity index is 351. The summed E-state index contributed by atoms with van der Waals surface area (Å²) in [5, 5.41) is 24.4. The van der Waals surface area contributed by atoms with Crippen molar-refractivity contribution in [3.8, 4) is 0 Å². The lowest BCUT2D eigenvalue weighted by atomic mass is 10.0. The van der Waals surface area contributed by atoms with Crippen molar-refractivity contribution in [2.75, 3.05) is 72.4 Å². The zero-order chi connectivity index (χ0) is 18.3. The van der Waals surface area contributed by atoms with Gasteiger partial charge in [0, 0.05) is 26.2 Å². The summed E-state index contributed by atoms with van der Waals surface area (Å²) in [4.78, 5) is 22.4. The van der Waals surface area contributed by atoms with Crippen LogP contribution in [-0.4, -0.2) is 101 Å². The summed E-state index contributed by atoms with van der Waals surface area (Å²) in [6.07, 6.45) is -1.06. The topological polar surface area (TPSA) is 136 Å². The second-order valence-corrected chi connectivity index (χ2v) is 5.36. The number of ether oxygens (including phenoxy) is 4. The van der Waals surface area contributed by atoms with E-state index >= 15 is 0 Å². The summed E-state index contributed by atoms with van der Waals surface area (Å²) in [7, 11) is 0. The minimum absolute atomic E-state index is 0.107. The SMILES string of the molecule is O=C(O)C(C(=O)O)C1COCCNCCOCCOCCNCCO1. The molecule has 1 atom stereocenters. The molecule has 0 saturated carbocycles. The van der Waals surface area contributed by atoms with Gasteiger partial charge in [-0.05, 0) is 0 Å². The van der Waals surface area contributed by atoms with E-state index in [0.29, 0.717) is 59.2 Å². The lowest BCUT2D eigenvalue weighted by molar-refractivity contribution is -0.164. The average molecular weight is 364 g/mol. The van der Waals surface area contributed by atoms with Crippen molar-refractivity contribution < 1.29 is 38.7 Å². The number of hydrogen-bond donors (Lipinski definition) is 4. The summed E-state index contributed by atoms with van der Waals surface area (Å²) in [6, 6.07) is 0. The Kier molecular flexibility index (Phi) is 12.1. The van der Waals surface area contributed by atoms with Gasteiger partial charge in [0.1, 0.15) is 6.10 Å². The van der Waals surface area contributed by atoms with Crippen LogP contribution >= 0.6 is 0 Å². The van der Waals surface area contributed by atoms with Crippen LogP contribution < -0.4 is 10.6 Å². The molecule has 0 amide bonds. The van der Waals surface area contributed by atoms with Crippen LogP contribution in [-0.2, 0) is 28.5 Å². The van der Waals surface area contributed by atoms with Gasteiger partial charge in [0.15, 0.2) is 5.92 Å². The van der Waals surface area contributed by atoms with E-state index in [4.69, 9.17) is 29.2 Å². The molecule has 0 radical (unpaired) electrons. The summed E-state index contributed by atoms with van der Waals surface area (Å²) in [6.45, 7) is 4.74. The van der Waals surface area contributed by atoms with Gasteiger partial charge >= 0.3 is 11.9 Å². The first-order valence-electron chi connectivity index (χ1n) is 8.35. The monoisotopic (exact) mass is 364 g/mol. The maximum absolute atomic E-state index is 11.2. The minimum atomic E-state index is -1.67. The first kappa shape index (κ1) is 21.7. The largest absolute Gasteiger partial charge is 0.481 e. The molecule has 25 heavy (non-hydrogen) atoms. The zero-order valence-electron chi connectivity index (χ0n) is 14.3. The van der Waals surface area contributed by atoms with Gasteiger partial charge in [-0.3, -0.25) is 9.59 Å². The predicted molar refractivity (Wildman–Crippen MR) is 86.7 cm³/mol. The number of carbonyl (C=O) groups is 2. The number of aliphatic carboxylic acids is 2. The van der Waals surface area contributed by atoms with Gasteiger partial charge in [0.05, 0.1) is 46.2 Å². The highest BCUT2D eigenvalue weighted by Crippen LogP contribution is 2.10. The van der Waals surface area contributed by atoms with Crippen molar-refractivity contribution >= 4 is 11.9 Å². The minimum Gasteiger partial charge on any atom is -0.481 e. The van der Waals surface area contributed by atoms with E-state index in [-0.39, 0.29) is 13.2 Å². The van der Waals surface area contributed by atoms with E-state index < -0.39 is 24.0 Å². The van der Waals surface area contributed by atoms with Crippen LogP contribution in [0.5, 0.6) is 0 Å². The molecule has 0 spiro atoms. The standard InChI is InChI=1S/C15H28N2O8/c18-14(19)13(15(20)21)12-11-24-7-3-16-1-5-22-9-10-23-6-2-17-4-8-25-12/h12-13,16-17H,1-11H2,(H,18,19)(H,20,21). The highest BCUT2D eigenvalue weighted by atomic mass is 16.5. The van der Waals surface area contributed by atoms with Crippen molar-refractivity contribution in [2.24, 2.45) is 5.92 Å². The second kappa shape index (κ2) is 13.9. The van der Waals surface area contributed by atoms with Crippen LogP contribution in [0.4, 0.5) is 0 Å². The van der Waals surface area contributed by atoms with Crippen molar-refractivity contribution in [1.82, 2.24) is 10.6 Å². The first-order chi connectivity index (χ1) is 12.1. The molecule has 1 fully saturated rings. The predicted octanol–water partition coefficient (Wildman–Crippen LogP) is -1.60. The Morgan fingerprint density at radius 3 is 1.76 bits per heavy atom. The third-order valence-electron chi connectivity index (χ3n) is 3.44. The fourth-order valence-corrected chi connectivity index (χ4v) is 2.15. The van der Waals surface area contributed by atoms with E-state index in [9.17, 15) is 9.59 Å². The average Bonchev–Trinajstić information content (AvgIpc) is 2.55. The van der Waals surface area contributed by atoms with Crippen LogP contribution in [0.25, 0.3) is 0 Å². The molecule has 1 saturated heterocycles. The third-order valence-corrected chi connectivity index (χ3v) is 3.44. The van der Waals surface area contributed by atoms with Gasteiger partial charge in [-0.25, -0.2) is 0 Å². The van der Waals surface area contributed by atoms with Crippen molar-refractivity contribution in [3.63, 3.8) is 0 Å². The zero-order valence-corrected chi connectivity index (χ0v) is 14.3. The molecular weight excluding hydrogens is 336 g/mol. The molecule has 10 heteroatoms. The van der Waals surface area contributed by atoms with Crippen LogP contribution in [0.3, 0.4) is 0 Å². The summed E-state index contributed by atoms with van der Waals surface area (Å²) >= 11 is 0. The van der Waals surface area contributed by atoms with Crippen LogP contribution in [0.1, 0.15) is 0 Å². The fourth-order valence-electron chi connectivity index (χ4n) is 2.15. The third kappa shape index (κ3) is 10.3. The van der Waals surface area contributed by atoms with Crippen molar-refractivity contribution in [3.05, 3.63) is 0 Å². The van der Waals surface area contributed by atoms with E-state index in [1.165, 1.54) is 0 Å². The highest BCUT2D eigenvalue weighted by molar-refractivity contribution is 5.93. The van der Waals surface area contributed by atoms with E-state index in [2.05, 4.69) is 10.6 Å². The lowest BCUT2D eigenvalue weighted by Gasteiger charge is -2.22.